The number of hydrogen-bond acceptors (Lipinski definition) is 4. The molecule has 0 fully saturated rings. The van der Waals surface area contributed by atoms with E-state index in [0.29, 0.717) is 27.7 Å². The van der Waals surface area contributed by atoms with Gasteiger partial charge in [0.2, 0.25) is 11.7 Å². The van der Waals surface area contributed by atoms with Crippen LogP contribution in [0.5, 0.6) is 0 Å². The average Bonchev–Trinajstić information content (AvgIpc) is 2.92. The minimum atomic E-state index is -0.401. The molecule has 0 bridgehead atoms. The van der Waals surface area contributed by atoms with Gasteiger partial charge in [-0.1, -0.05) is 35.0 Å². The molecule has 0 aliphatic heterocycles. The van der Waals surface area contributed by atoms with Crippen LogP contribution in [0.2, 0.25) is 5.02 Å². The van der Waals surface area contributed by atoms with Gasteiger partial charge < -0.3 is 10.3 Å². The van der Waals surface area contributed by atoms with Crippen molar-refractivity contribution in [3.8, 4) is 11.4 Å². The predicted molar refractivity (Wildman–Crippen MR) is 78.4 cm³/mol. The molecule has 0 aliphatic rings. The summed E-state index contributed by atoms with van der Waals surface area (Å²) in [5.41, 5.74) is 7.41. The molecule has 1 heterocycles. The molecule has 3 rings (SSSR count). The highest BCUT2D eigenvalue weighted by molar-refractivity contribution is 6.31. The molecule has 0 saturated carbocycles. The van der Waals surface area contributed by atoms with Crippen molar-refractivity contribution in [2.45, 2.75) is 6.42 Å². The molecule has 2 N–H and O–H groups in total. The Morgan fingerprint density at radius 2 is 1.95 bits per heavy atom. The van der Waals surface area contributed by atoms with E-state index in [4.69, 9.17) is 21.9 Å². The second kappa shape index (κ2) is 5.54. The zero-order chi connectivity index (χ0) is 14.8. The molecule has 1 aromatic heterocycles. The molecule has 106 valence electrons. The molecule has 2 aromatic carbocycles. The third-order valence-corrected chi connectivity index (χ3v) is 3.41. The van der Waals surface area contributed by atoms with E-state index in [-0.39, 0.29) is 12.3 Å². The summed E-state index contributed by atoms with van der Waals surface area (Å²) in [7, 11) is 0. The lowest BCUT2D eigenvalue weighted by atomic mass is 10.1. The lowest BCUT2D eigenvalue weighted by molar-refractivity contribution is 0.384. The van der Waals surface area contributed by atoms with E-state index < -0.39 is 5.82 Å². The van der Waals surface area contributed by atoms with Crippen LogP contribution in [0.4, 0.5) is 10.1 Å². The average molecular weight is 304 g/mol. The standard InChI is InChI=1S/C15H11ClFN3O/c16-11-5-3-6-12(17)10(11)8-14-19-15(20-21-14)9-4-1-2-7-13(9)18/h1-7H,8,18H2. The smallest absolute Gasteiger partial charge is 0.231 e. The number of anilines is 1. The van der Waals surface area contributed by atoms with Gasteiger partial charge in [-0.2, -0.15) is 4.98 Å². The van der Waals surface area contributed by atoms with Gasteiger partial charge in [0, 0.05) is 21.8 Å². The molecule has 0 radical (unpaired) electrons. The normalized spacial score (nSPS) is 10.8. The Bertz CT molecular complexity index is 768. The van der Waals surface area contributed by atoms with Crippen molar-refractivity contribution in [2.24, 2.45) is 0 Å². The largest absolute Gasteiger partial charge is 0.398 e. The van der Waals surface area contributed by atoms with Crippen LogP contribution in [-0.4, -0.2) is 10.1 Å². The highest BCUT2D eigenvalue weighted by Gasteiger charge is 2.14. The number of nitrogen functional groups attached to an aromatic ring is 1. The minimum absolute atomic E-state index is 0.130. The maximum atomic E-state index is 13.7. The summed E-state index contributed by atoms with van der Waals surface area (Å²) in [4.78, 5) is 4.24. The first kappa shape index (κ1) is 13.6. The lowest BCUT2D eigenvalue weighted by Gasteiger charge is -2.01. The van der Waals surface area contributed by atoms with Crippen LogP contribution in [0.25, 0.3) is 11.4 Å². The number of halogens is 2. The highest BCUT2D eigenvalue weighted by Crippen LogP contribution is 2.25. The highest BCUT2D eigenvalue weighted by atomic mass is 35.5. The Labute approximate surface area is 125 Å². The third-order valence-electron chi connectivity index (χ3n) is 3.06. The lowest BCUT2D eigenvalue weighted by Crippen LogP contribution is -1.95. The molecule has 0 aliphatic carbocycles. The van der Waals surface area contributed by atoms with Crippen molar-refractivity contribution >= 4 is 17.3 Å². The number of aromatic nitrogens is 2. The molecule has 3 aromatic rings. The van der Waals surface area contributed by atoms with Gasteiger partial charge in [0.05, 0.1) is 6.42 Å². The number of para-hydroxylation sites is 1. The van der Waals surface area contributed by atoms with Gasteiger partial charge in [0.15, 0.2) is 0 Å². The molecule has 6 heteroatoms. The Morgan fingerprint density at radius 1 is 1.14 bits per heavy atom. The number of rotatable bonds is 3. The van der Waals surface area contributed by atoms with Crippen LogP contribution < -0.4 is 5.73 Å². The number of benzene rings is 2. The fourth-order valence-electron chi connectivity index (χ4n) is 1.99. The third kappa shape index (κ3) is 2.73. The van der Waals surface area contributed by atoms with Gasteiger partial charge >= 0.3 is 0 Å². The molecule has 0 atom stereocenters. The van der Waals surface area contributed by atoms with Gasteiger partial charge in [-0.15, -0.1) is 0 Å². The fraction of sp³-hybridized carbons (Fsp3) is 0.0667. The number of nitrogens with two attached hydrogens (primary N) is 1. The Balaban J connectivity index is 1.91. The van der Waals surface area contributed by atoms with E-state index >= 15 is 0 Å². The van der Waals surface area contributed by atoms with E-state index in [9.17, 15) is 4.39 Å². The Morgan fingerprint density at radius 3 is 2.71 bits per heavy atom. The molecule has 0 unspecified atom stereocenters. The summed E-state index contributed by atoms with van der Waals surface area (Å²) in [6.45, 7) is 0. The van der Waals surface area contributed by atoms with Crippen LogP contribution in [0.15, 0.2) is 47.0 Å². The molecule has 21 heavy (non-hydrogen) atoms. The molecular weight excluding hydrogens is 293 g/mol. The van der Waals surface area contributed by atoms with Crippen LogP contribution >= 0.6 is 11.6 Å². The Kier molecular flexibility index (Phi) is 3.58. The molecule has 0 spiro atoms. The van der Waals surface area contributed by atoms with Crippen LogP contribution in [0.3, 0.4) is 0 Å². The molecule has 0 saturated heterocycles. The van der Waals surface area contributed by atoms with Crippen molar-refractivity contribution in [3.63, 3.8) is 0 Å². The summed E-state index contributed by atoms with van der Waals surface area (Å²) in [5.74, 6) is 0.247. The van der Waals surface area contributed by atoms with Crippen molar-refractivity contribution in [1.82, 2.24) is 10.1 Å². The Hall–Kier alpha value is -2.40. The van der Waals surface area contributed by atoms with Crippen LogP contribution in [-0.2, 0) is 6.42 Å². The first-order valence-corrected chi connectivity index (χ1v) is 6.63. The van der Waals surface area contributed by atoms with Crippen LogP contribution in [0, 0.1) is 5.82 Å². The number of hydrogen-bond donors (Lipinski definition) is 1. The SMILES string of the molecule is Nc1ccccc1-c1noc(Cc2c(F)cccc2Cl)n1. The zero-order valence-corrected chi connectivity index (χ0v) is 11.6. The first-order chi connectivity index (χ1) is 10.1. The van der Waals surface area contributed by atoms with Gasteiger partial charge in [-0.25, -0.2) is 4.39 Å². The van der Waals surface area contributed by atoms with Crippen molar-refractivity contribution < 1.29 is 8.91 Å². The second-order valence-corrected chi connectivity index (χ2v) is 4.88. The minimum Gasteiger partial charge on any atom is -0.398 e. The maximum absolute atomic E-state index is 13.7. The second-order valence-electron chi connectivity index (χ2n) is 4.48. The summed E-state index contributed by atoms with van der Waals surface area (Å²) in [6, 6.07) is 11.7. The quantitative estimate of drug-likeness (QED) is 0.749. The number of nitrogens with zero attached hydrogens (tertiary/aromatic N) is 2. The summed E-state index contributed by atoms with van der Waals surface area (Å²) >= 11 is 5.98. The molecule has 4 nitrogen and oxygen atoms in total. The summed E-state index contributed by atoms with van der Waals surface area (Å²) < 4.78 is 18.9. The van der Waals surface area contributed by atoms with E-state index in [1.54, 1.807) is 24.3 Å². The zero-order valence-electron chi connectivity index (χ0n) is 10.9. The van der Waals surface area contributed by atoms with E-state index in [1.165, 1.54) is 6.07 Å². The fourth-order valence-corrected chi connectivity index (χ4v) is 2.22. The van der Waals surface area contributed by atoms with Crippen molar-refractivity contribution in [3.05, 3.63) is 64.8 Å². The van der Waals surface area contributed by atoms with E-state index in [0.717, 1.165) is 0 Å². The van der Waals surface area contributed by atoms with E-state index in [2.05, 4.69) is 10.1 Å². The van der Waals surface area contributed by atoms with Crippen LogP contribution in [0.1, 0.15) is 11.5 Å². The molecular formula is C15H11ClFN3O. The first-order valence-electron chi connectivity index (χ1n) is 6.25. The van der Waals surface area contributed by atoms with Gasteiger partial charge in [-0.05, 0) is 24.3 Å². The maximum Gasteiger partial charge on any atom is 0.231 e. The van der Waals surface area contributed by atoms with E-state index in [1.807, 2.05) is 12.1 Å². The van der Waals surface area contributed by atoms with Gasteiger partial charge in [-0.3, -0.25) is 0 Å². The van der Waals surface area contributed by atoms with Crippen molar-refractivity contribution in [1.29, 1.82) is 0 Å². The summed E-state index contributed by atoms with van der Waals surface area (Å²) in [5, 5.41) is 4.20. The topological polar surface area (TPSA) is 64.9 Å². The van der Waals surface area contributed by atoms with Gasteiger partial charge in [0.1, 0.15) is 5.82 Å². The van der Waals surface area contributed by atoms with Crippen molar-refractivity contribution in [2.75, 3.05) is 5.73 Å². The molecule has 0 amide bonds. The summed E-state index contributed by atoms with van der Waals surface area (Å²) in [6.07, 6.45) is 0.130. The van der Waals surface area contributed by atoms with Gasteiger partial charge in [0.25, 0.3) is 0 Å². The monoisotopic (exact) mass is 303 g/mol. The predicted octanol–water partition coefficient (Wildman–Crippen LogP) is 3.70.